The van der Waals surface area contributed by atoms with Crippen LogP contribution >= 0.6 is 0 Å². The summed E-state index contributed by atoms with van der Waals surface area (Å²) in [6.45, 7) is 7.03. The summed E-state index contributed by atoms with van der Waals surface area (Å²) < 4.78 is 5.69. The number of hydrogen-bond acceptors (Lipinski definition) is 3. The van der Waals surface area contributed by atoms with Crippen molar-refractivity contribution in [3.05, 3.63) is 24.3 Å². The van der Waals surface area contributed by atoms with Crippen molar-refractivity contribution in [3.8, 4) is 5.75 Å². The predicted octanol–water partition coefficient (Wildman–Crippen LogP) is 3.19. The molecule has 1 heterocycles. The zero-order valence-electron chi connectivity index (χ0n) is 13.2. The molecule has 1 aliphatic rings. The van der Waals surface area contributed by atoms with Crippen LogP contribution in [-0.4, -0.2) is 24.6 Å². The number of ether oxygens (including phenoxy) is 1. The van der Waals surface area contributed by atoms with Gasteiger partial charge in [-0.25, -0.2) is 0 Å². The van der Waals surface area contributed by atoms with Gasteiger partial charge in [0.25, 0.3) is 0 Å². The minimum atomic E-state index is -0.0889. The van der Waals surface area contributed by atoms with Crippen molar-refractivity contribution < 1.29 is 9.53 Å². The molecule has 2 rings (SSSR count). The standard InChI is InChI=1S/C17H26N2O2/c1-12(2)11-21-15-8-5-7-14(10-15)19-17(20)16-9-4-6-13(3)18-16/h5,7-8,10,12-13,16,18H,4,6,9,11H2,1-3H3,(H,19,20). The molecule has 1 fully saturated rings. The molecule has 1 amide bonds. The number of carbonyl (C=O) groups excluding carboxylic acids is 1. The molecule has 1 saturated heterocycles. The normalized spacial score (nSPS) is 22.1. The Kier molecular flexibility index (Phi) is 5.62. The molecule has 0 radical (unpaired) electrons. The van der Waals surface area contributed by atoms with Gasteiger partial charge in [0.2, 0.25) is 5.91 Å². The Morgan fingerprint density at radius 2 is 2.24 bits per heavy atom. The summed E-state index contributed by atoms with van der Waals surface area (Å²) in [6, 6.07) is 7.92. The molecule has 0 saturated carbocycles. The van der Waals surface area contributed by atoms with Gasteiger partial charge in [-0.15, -0.1) is 0 Å². The number of piperidine rings is 1. The number of carbonyl (C=O) groups is 1. The molecule has 0 aromatic heterocycles. The fourth-order valence-electron chi connectivity index (χ4n) is 2.50. The zero-order chi connectivity index (χ0) is 15.2. The van der Waals surface area contributed by atoms with E-state index in [0.29, 0.717) is 18.6 Å². The van der Waals surface area contributed by atoms with Gasteiger partial charge < -0.3 is 15.4 Å². The van der Waals surface area contributed by atoms with Gasteiger partial charge in [-0.2, -0.15) is 0 Å². The lowest BCUT2D eigenvalue weighted by molar-refractivity contribution is -0.118. The van der Waals surface area contributed by atoms with Gasteiger partial charge in [0.1, 0.15) is 5.75 Å². The summed E-state index contributed by atoms with van der Waals surface area (Å²) in [5.74, 6) is 1.32. The van der Waals surface area contributed by atoms with E-state index in [4.69, 9.17) is 4.74 Å². The first-order chi connectivity index (χ1) is 10.0. The summed E-state index contributed by atoms with van der Waals surface area (Å²) in [4.78, 5) is 12.3. The van der Waals surface area contributed by atoms with E-state index in [1.165, 1.54) is 0 Å². The Balaban J connectivity index is 1.92. The average Bonchev–Trinajstić information content (AvgIpc) is 2.45. The topological polar surface area (TPSA) is 50.4 Å². The molecule has 0 aliphatic carbocycles. The van der Waals surface area contributed by atoms with Gasteiger partial charge in [0, 0.05) is 17.8 Å². The second-order valence-electron chi connectivity index (χ2n) is 6.27. The van der Waals surface area contributed by atoms with Crippen LogP contribution in [0.1, 0.15) is 40.0 Å². The molecule has 4 heteroatoms. The molecule has 4 nitrogen and oxygen atoms in total. The predicted molar refractivity (Wildman–Crippen MR) is 85.6 cm³/mol. The molecular formula is C17H26N2O2. The zero-order valence-corrected chi connectivity index (χ0v) is 13.2. The maximum Gasteiger partial charge on any atom is 0.241 e. The molecular weight excluding hydrogens is 264 g/mol. The van der Waals surface area contributed by atoms with Gasteiger partial charge in [-0.05, 0) is 44.2 Å². The Bertz CT molecular complexity index is 474. The van der Waals surface area contributed by atoms with Gasteiger partial charge >= 0.3 is 0 Å². The molecule has 21 heavy (non-hydrogen) atoms. The summed E-state index contributed by atoms with van der Waals surface area (Å²) >= 11 is 0. The van der Waals surface area contributed by atoms with Gasteiger partial charge in [0.05, 0.1) is 12.6 Å². The van der Waals surface area contributed by atoms with Crippen LogP contribution in [0.5, 0.6) is 5.75 Å². The number of anilines is 1. The van der Waals surface area contributed by atoms with E-state index in [0.717, 1.165) is 30.7 Å². The lowest BCUT2D eigenvalue weighted by atomic mass is 9.99. The van der Waals surface area contributed by atoms with Crippen molar-refractivity contribution in [2.75, 3.05) is 11.9 Å². The lowest BCUT2D eigenvalue weighted by Gasteiger charge is -2.27. The third-order valence-corrected chi connectivity index (χ3v) is 3.62. The Morgan fingerprint density at radius 3 is 2.95 bits per heavy atom. The summed E-state index contributed by atoms with van der Waals surface area (Å²) in [5.41, 5.74) is 0.793. The van der Waals surface area contributed by atoms with E-state index in [1.54, 1.807) is 0 Å². The molecule has 2 N–H and O–H groups in total. The number of nitrogens with one attached hydrogen (secondary N) is 2. The first kappa shape index (κ1) is 15.8. The molecule has 116 valence electrons. The number of hydrogen-bond donors (Lipinski definition) is 2. The number of rotatable bonds is 5. The quantitative estimate of drug-likeness (QED) is 0.875. The summed E-state index contributed by atoms with van der Waals surface area (Å²) in [6.07, 6.45) is 3.14. The third kappa shape index (κ3) is 5.05. The molecule has 0 spiro atoms. The van der Waals surface area contributed by atoms with Gasteiger partial charge in [-0.3, -0.25) is 4.79 Å². The van der Waals surface area contributed by atoms with Crippen molar-refractivity contribution in [2.24, 2.45) is 5.92 Å². The van der Waals surface area contributed by atoms with Crippen LogP contribution < -0.4 is 15.4 Å². The van der Waals surface area contributed by atoms with E-state index in [2.05, 4.69) is 31.4 Å². The highest BCUT2D eigenvalue weighted by molar-refractivity contribution is 5.95. The monoisotopic (exact) mass is 290 g/mol. The first-order valence-electron chi connectivity index (χ1n) is 7.84. The highest BCUT2D eigenvalue weighted by Gasteiger charge is 2.24. The molecule has 1 aromatic carbocycles. The molecule has 1 aliphatic heterocycles. The molecule has 2 unspecified atom stereocenters. The first-order valence-corrected chi connectivity index (χ1v) is 7.84. The van der Waals surface area contributed by atoms with Crippen LogP contribution in [0.4, 0.5) is 5.69 Å². The maximum atomic E-state index is 12.3. The summed E-state index contributed by atoms with van der Waals surface area (Å²) in [5, 5.41) is 6.33. The highest BCUT2D eigenvalue weighted by Crippen LogP contribution is 2.19. The SMILES string of the molecule is CC(C)COc1cccc(NC(=O)C2CCCC(C)N2)c1. The molecule has 2 atom stereocenters. The van der Waals surface area contributed by atoms with Crippen LogP contribution in [0.2, 0.25) is 0 Å². The van der Waals surface area contributed by atoms with Crippen LogP contribution in [0, 0.1) is 5.92 Å². The Hall–Kier alpha value is -1.55. The lowest BCUT2D eigenvalue weighted by Crippen LogP contribution is -2.47. The van der Waals surface area contributed by atoms with Gasteiger partial charge in [0.15, 0.2) is 0 Å². The van der Waals surface area contributed by atoms with Crippen molar-refractivity contribution >= 4 is 11.6 Å². The van der Waals surface area contributed by atoms with Gasteiger partial charge in [-0.1, -0.05) is 19.9 Å². The van der Waals surface area contributed by atoms with Crippen molar-refractivity contribution in [1.82, 2.24) is 5.32 Å². The Labute approximate surface area is 127 Å². The number of amides is 1. The van der Waals surface area contributed by atoms with Crippen LogP contribution in [-0.2, 0) is 4.79 Å². The summed E-state index contributed by atoms with van der Waals surface area (Å²) in [7, 11) is 0. The molecule has 1 aromatic rings. The van der Waals surface area contributed by atoms with Crippen molar-refractivity contribution in [1.29, 1.82) is 0 Å². The second kappa shape index (κ2) is 7.46. The fraction of sp³-hybridized carbons (Fsp3) is 0.588. The van der Waals surface area contributed by atoms with E-state index in [-0.39, 0.29) is 11.9 Å². The van der Waals surface area contributed by atoms with Crippen LogP contribution in [0.25, 0.3) is 0 Å². The van der Waals surface area contributed by atoms with Crippen LogP contribution in [0.3, 0.4) is 0 Å². The molecule has 0 bridgehead atoms. The average molecular weight is 290 g/mol. The second-order valence-corrected chi connectivity index (χ2v) is 6.27. The third-order valence-electron chi connectivity index (χ3n) is 3.62. The highest BCUT2D eigenvalue weighted by atomic mass is 16.5. The van der Waals surface area contributed by atoms with E-state index >= 15 is 0 Å². The van der Waals surface area contributed by atoms with Crippen molar-refractivity contribution in [2.45, 2.75) is 52.1 Å². The van der Waals surface area contributed by atoms with E-state index < -0.39 is 0 Å². The Morgan fingerprint density at radius 1 is 1.43 bits per heavy atom. The minimum Gasteiger partial charge on any atom is -0.493 e. The largest absolute Gasteiger partial charge is 0.493 e. The van der Waals surface area contributed by atoms with Crippen LogP contribution in [0.15, 0.2) is 24.3 Å². The maximum absolute atomic E-state index is 12.3. The minimum absolute atomic E-state index is 0.0440. The number of benzene rings is 1. The van der Waals surface area contributed by atoms with Crippen molar-refractivity contribution in [3.63, 3.8) is 0 Å². The van der Waals surface area contributed by atoms with E-state index in [9.17, 15) is 4.79 Å². The fourth-order valence-corrected chi connectivity index (χ4v) is 2.50. The smallest absolute Gasteiger partial charge is 0.241 e. The van der Waals surface area contributed by atoms with E-state index in [1.807, 2.05) is 24.3 Å².